The van der Waals surface area contributed by atoms with Crippen molar-refractivity contribution in [3.8, 4) is 11.3 Å². The Labute approximate surface area is 124 Å². The van der Waals surface area contributed by atoms with Crippen LogP contribution in [0.3, 0.4) is 0 Å². The molecule has 2 rings (SSSR count). The van der Waals surface area contributed by atoms with Gasteiger partial charge in [-0.3, -0.25) is 9.59 Å². The Morgan fingerprint density at radius 3 is 2.62 bits per heavy atom. The Bertz CT molecular complexity index is 665. The van der Waals surface area contributed by atoms with Crippen LogP contribution in [0.1, 0.15) is 41.1 Å². The summed E-state index contributed by atoms with van der Waals surface area (Å²) in [4.78, 5) is 27.7. The molecule has 0 saturated carbocycles. The molecule has 0 atom stereocenters. The summed E-state index contributed by atoms with van der Waals surface area (Å²) in [6, 6.07) is 12.6. The molecule has 21 heavy (non-hydrogen) atoms. The highest BCUT2D eigenvalue weighted by Gasteiger charge is 2.09. The molecule has 4 heteroatoms. The van der Waals surface area contributed by atoms with Crippen molar-refractivity contribution < 1.29 is 9.59 Å². The molecule has 1 amide bonds. The number of benzene rings is 1. The Hall–Kier alpha value is -2.49. The smallest absolute Gasteiger partial charge is 0.269 e. The van der Waals surface area contributed by atoms with E-state index in [1.165, 1.54) is 6.92 Å². The van der Waals surface area contributed by atoms with Crippen molar-refractivity contribution in [2.45, 2.75) is 20.3 Å². The number of ketones is 1. The van der Waals surface area contributed by atoms with Crippen molar-refractivity contribution in [3.63, 3.8) is 0 Å². The van der Waals surface area contributed by atoms with Gasteiger partial charge >= 0.3 is 0 Å². The molecule has 1 aromatic carbocycles. The van der Waals surface area contributed by atoms with Gasteiger partial charge in [0.2, 0.25) is 0 Å². The lowest BCUT2D eigenvalue weighted by atomic mass is 10.1. The van der Waals surface area contributed by atoms with Crippen molar-refractivity contribution in [2.24, 2.45) is 0 Å². The maximum Gasteiger partial charge on any atom is 0.269 e. The van der Waals surface area contributed by atoms with E-state index in [0.29, 0.717) is 23.5 Å². The molecular weight excluding hydrogens is 264 g/mol. The number of hydrogen-bond acceptors (Lipinski definition) is 3. The highest BCUT2D eigenvalue weighted by atomic mass is 16.1. The summed E-state index contributed by atoms with van der Waals surface area (Å²) in [5, 5.41) is 2.80. The monoisotopic (exact) mass is 282 g/mol. The molecule has 0 saturated heterocycles. The summed E-state index contributed by atoms with van der Waals surface area (Å²) < 4.78 is 0. The second-order valence-electron chi connectivity index (χ2n) is 4.80. The van der Waals surface area contributed by atoms with Crippen LogP contribution in [0, 0.1) is 0 Å². The summed E-state index contributed by atoms with van der Waals surface area (Å²) in [5.74, 6) is -0.171. The Morgan fingerprint density at radius 2 is 1.90 bits per heavy atom. The first-order valence-corrected chi connectivity index (χ1v) is 6.98. The van der Waals surface area contributed by atoms with E-state index >= 15 is 0 Å². The van der Waals surface area contributed by atoms with E-state index in [0.717, 1.165) is 12.0 Å². The molecule has 0 fully saturated rings. The Kier molecular flexibility index (Phi) is 4.82. The molecule has 0 aliphatic heterocycles. The number of pyridine rings is 1. The van der Waals surface area contributed by atoms with Crippen molar-refractivity contribution in [1.29, 1.82) is 0 Å². The first-order chi connectivity index (χ1) is 10.1. The maximum atomic E-state index is 11.9. The SMILES string of the molecule is CCCNC(=O)c1cccc(-c2cccc(C(C)=O)c2)n1. The van der Waals surface area contributed by atoms with Crippen LogP contribution in [-0.2, 0) is 0 Å². The third kappa shape index (κ3) is 3.75. The van der Waals surface area contributed by atoms with Gasteiger partial charge in [0.05, 0.1) is 5.69 Å². The van der Waals surface area contributed by atoms with Gasteiger partial charge in [0.1, 0.15) is 5.69 Å². The van der Waals surface area contributed by atoms with Gasteiger partial charge in [-0.05, 0) is 31.5 Å². The molecule has 0 bridgehead atoms. The van der Waals surface area contributed by atoms with Gasteiger partial charge in [0.15, 0.2) is 5.78 Å². The minimum Gasteiger partial charge on any atom is -0.351 e. The molecule has 4 nitrogen and oxygen atoms in total. The van der Waals surface area contributed by atoms with Crippen LogP contribution in [-0.4, -0.2) is 23.2 Å². The first kappa shape index (κ1) is 14.9. The summed E-state index contributed by atoms with van der Waals surface area (Å²) in [6.07, 6.45) is 0.881. The van der Waals surface area contributed by atoms with E-state index in [1.54, 1.807) is 24.3 Å². The molecule has 0 aliphatic carbocycles. The van der Waals surface area contributed by atoms with Gasteiger partial charge in [-0.25, -0.2) is 4.98 Å². The number of nitrogens with zero attached hydrogens (tertiary/aromatic N) is 1. The zero-order valence-electron chi connectivity index (χ0n) is 12.2. The number of rotatable bonds is 5. The highest BCUT2D eigenvalue weighted by Crippen LogP contribution is 2.19. The minimum absolute atomic E-state index is 0.00805. The van der Waals surface area contributed by atoms with Crippen LogP contribution in [0.15, 0.2) is 42.5 Å². The van der Waals surface area contributed by atoms with Crippen LogP contribution in [0.25, 0.3) is 11.3 Å². The van der Waals surface area contributed by atoms with Gasteiger partial charge in [-0.15, -0.1) is 0 Å². The van der Waals surface area contributed by atoms with E-state index in [9.17, 15) is 9.59 Å². The van der Waals surface area contributed by atoms with E-state index in [2.05, 4.69) is 10.3 Å². The first-order valence-electron chi connectivity index (χ1n) is 6.98. The van der Waals surface area contributed by atoms with Crippen molar-refractivity contribution in [1.82, 2.24) is 10.3 Å². The maximum absolute atomic E-state index is 11.9. The minimum atomic E-state index is -0.179. The van der Waals surface area contributed by atoms with Gasteiger partial charge in [0.25, 0.3) is 5.91 Å². The van der Waals surface area contributed by atoms with Gasteiger partial charge < -0.3 is 5.32 Å². The van der Waals surface area contributed by atoms with Crippen LogP contribution < -0.4 is 5.32 Å². The number of carbonyl (C=O) groups excluding carboxylic acids is 2. The lowest BCUT2D eigenvalue weighted by Crippen LogP contribution is -2.24. The fourth-order valence-corrected chi connectivity index (χ4v) is 1.95. The van der Waals surface area contributed by atoms with E-state index < -0.39 is 0 Å². The van der Waals surface area contributed by atoms with Crippen molar-refractivity contribution in [3.05, 3.63) is 53.7 Å². The predicted octanol–water partition coefficient (Wildman–Crippen LogP) is 3.09. The summed E-state index contributed by atoms with van der Waals surface area (Å²) in [5.41, 5.74) is 2.53. The number of hydrogen-bond donors (Lipinski definition) is 1. The van der Waals surface area contributed by atoms with Crippen LogP contribution >= 0.6 is 0 Å². The molecule has 1 heterocycles. The van der Waals surface area contributed by atoms with Crippen LogP contribution in [0.2, 0.25) is 0 Å². The zero-order chi connectivity index (χ0) is 15.2. The Balaban J connectivity index is 2.30. The number of carbonyl (C=O) groups is 2. The van der Waals surface area contributed by atoms with Crippen molar-refractivity contribution in [2.75, 3.05) is 6.54 Å². The lowest BCUT2D eigenvalue weighted by Gasteiger charge is -2.06. The molecule has 0 unspecified atom stereocenters. The summed E-state index contributed by atoms with van der Waals surface area (Å²) in [6.45, 7) is 4.16. The van der Waals surface area contributed by atoms with Crippen LogP contribution in [0.5, 0.6) is 0 Å². The fraction of sp³-hybridized carbons (Fsp3) is 0.235. The normalized spacial score (nSPS) is 10.2. The van der Waals surface area contributed by atoms with E-state index in [-0.39, 0.29) is 11.7 Å². The van der Waals surface area contributed by atoms with E-state index in [1.807, 2.05) is 25.1 Å². The van der Waals surface area contributed by atoms with E-state index in [4.69, 9.17) is 0 Å². The average molecular weight is 282 g/mol. The Morgan fingerprint density at radius 1 is 1.14 bits per heavy atom. The number of Topliss-reactive ketones (excluding diaryl/α,β-unsaturated/α-hetero) is 1. The summed E-state index contributed by atoms with van der Waals surface area (Å²) >= 11 is 0. The molecule has 2 aromatic rings. The predicted molar refractivity (Wildman–Crippen MR) is 82.3 cm³/mol. The molecule has 0 aliphatic rings. The quantitative estimate of drug-likeness (QED) is 0.857. The van der Waals surface area contributed by atoms with Gasteiger partial charge in [0, 0.05) is 17.7 Å². The van der Waals surface area contributed by atoms with Crippen LogP contribution in [0.4, 0.5) is 0 Å². The fourth-order valence-electron chi connectivity index (χ4n) is 1.95. The largest absolute Gasteiger partial charge is 0.351 e. The number of nitrogens with one attached hydrogen (secondary N) is 1. The lowest BCUT2D eigenvalue weighted by molar-refractivity contribution is 0.0947. The van der Waals surface area contributed by atoms with Crippen molar-refractivity contribution >= 4 is 11.7 Å². The topological polar surface area (TPSA) is 59.1 Å². The summed E-state index contributed by atoms with van der Waals surface area (Å²) in [7, 11) is 0. The molecule has 108 valence electrons. The second kappa shape index (κ2) is 6.79. The molecule has 1 aromatic heterocycles. The van der Waals surface area contributed by atoms with Gasteiger partial charge in [-0.2, -0.15) is 0 Å². The molecule has 0 spiro atoms. The third-order valence-corrected chi connectivity index (χ3v) is 3.08. The van der Waals surface area contributed by atoms with Gasteiger partial charge in [-0.1, -0.05) is 31.2 Å². The number of aromatic nitrogens is 1. The highest BCUT2D eigenvalue weighted by molar-refractivity contribution is 5.95. The second-order valence-corrected chi connectivity index (χ2v) is 4.80. The number of amides is 1. The molecular formula is C17H18N2O2. The zero-order valence-corrected chi connectivity index (χ0v) is 12.2. The average Bonchev–Trinajstić information content (AvgIpc) is 2.52. The standard InChI is InChI=1S/C17H18N2O2/c1-3-10-18-17(21)16-9-5-8-15(19-16)14-7-4-6-13(11-14)12(2)20/h4-9,11H,3,10H2,1-2H3,(H,18,21). The third-order valence-electron chi connectivity index (χ3n) is 3.08. The molecule has 0 radical (unpaired) electrons. The molecule has 1 N–H and O–H groups in total.